The van der Waals surface area contributed by atoms with E-state index in [0.717, 1.165) is 12.1 Å². The number of sulfone groups is 1. The first-order valence-corrected chi connectivity index (χ1v) is 10.5. The summed E-state index contributed by atoms with van der Waals surface area (Å²) in [5.41, 5.74) is 4.06. The van der Waals surface area contributed by atoms with E-state index >= 15 is 0 Å². The number of piperidine rings is 1. The van der Waals surface area contributed by atoms with Crippen LogP contribution in [-0.4, -0.2) is 50.4 Å². The maximum atomic E-state index is 12.4. The number of hydrazine groups is 1. The summed E-state index contributed by atoms with van der Waals surface area (Å²) in [5.74, 6) is -0.315. The molecule has 0 bridgehead atoms. The molecule has 2 heterocycles. The third-order valence-electron chi connectivity index (χ3n) is 4.93. The Kier molecular flexibility index (Phi) is 5.18. The molecule has 8 nitrogen and oxygen atoms in total. The van der Waals surface area contributed by atoms with Crippen LogP contribution in [0.3, 0.4) is 0 Å². The number of benzene rings is 1. The molecule has 3 N–H and O–H groups in total. The molecule has 3 rings (SSSR count). The standard InChI is InChI=1S/C17H23N5O3S/c1-11(7-9-18)22-14-8-10-19-17(23)15(14)16(21-22)20-12-3-5-13(6-4-12)26(2,24)25/h3-6,11,14-16,20-21H,7-8,10H2,1-2H3,(H,19,23). The summed E-state index contributed by atoms with van der Waals surface area (Å²) in [7, 11) is -3.25. The number of amides is 1. The van der Waals surface area contributed by atoms with E-state index in [0.29, 0.717) is 13.0 Å². The van der Waals surface area contributed by atoms with Crippen LogP contribution in [0.25, 0.3) is 0 Å². The zero-order valence-electron chi connectivity index (χ0n) is 14.8. The number of hydrogen-bond donors (Lipinski definition) is 3. The maximum absolute atomic E-state index is 12.4. The minimum absolute atomic E-state index is 0.0138. The molecule has 4 atom stereocenters. The van der Waals surface area contributed by atoms with Gasteiger partial charge in [-0.2, -0.15) is 5.26 Å². The quantitative estimate of drug-likeness (QED) is 0.683. The van der Waals surface area contributed by atoms with Crippen molar-refractivity contribution in [3.05, 3.63) is 24.3 Å². The molecular weight excluding hydrogens is 354 g/mol. The number of hydrogen-bond acceptors (Lipinski definition) is 7. The molecule has 0 saturated carbocycles. The van der Waals surface area contributed by atoms with E-state index in [-0.39, 0.29) is 35.0 Å². The Bertz CT molecular complexity index is 818. The molecule has 2 aliphatic heterocycles. The number of carbonyl (C=O) groups excluding carboxylic acids is 1. The third-order valence-corrected chi connectivity index (χ3v) is 6.06. The van der Waals surface area contributed by atoms with E-state index in [2.05, 4.69) is 22.1 Å². The highest BCUT2D eigenvalue weighted by molar-refractivity contribution is 7.90. The van der Waals surface area contributed by atoms with Gasteiger partial charge >= 0.3 is 0 Å². The van der Waals surface area contributed by atoms with Gasteiger partial charge < -0.3 is 10.6 Å². The number of fused-ring (bicyclic) bond motifs is 1. The zero-order chi connectivity index (χ0) is 18.9. The molecule has 2 fully saturated rings. The highest BCUT2D eigenvalue weighted by Gasteiger charge is 2.48. The van der Waals surface area contributed by atoms with Gasteiger partial charge in [-0.1, -0.05) is 0 Å². The van der Waals surface area contributed by atoms with Crippen LogP contribution in [0.1, 0.15) is 19.8 Å². The Morgan fingerprint density at radius 3 is 2.69 bits per heavy atom. The van der Waals surface area contributed by atoms with Crippen molar-refractivity contribution in [2.24, 2.45) is 5.92 Å². The van der Waals surface area contributed by atoms with Crippen LogP contribution in [0.2, 0.25) is 0 Å². The molecule has 2 aliphatic rings. The van der Waals surface area contributed by atoms with E-state index in [4.69, 9.17) is 5.26 Å². The molecule has 4 unspecified atom stereocenters. The van der Waals surface area contributed by atoms with Crippen molar-refractivity contribution in [3.63, 3.8) is 0 Å². The van der Waals surface area contributed by atoms with Crippen LogP contribution < -0.4 is 16.1 Å². The summed E-state index contributed by atoms with van der Waals surface area (Å²) in [6, 6.07) is 8.64. The van der Waals surface area contributed by atoms with Crippen LogP contribution in [0, 0.1) is 17.2 Å². The van der Waals surface area contributed by atoms with Crippen molar-refractivity contribution in [1.29, 1.82) is 5.26 Å². The molecule has 1 aromatic rings. The fourth-order valence-electron chi connectivity index (χ4n) is 3.62. The number of nitrogens with zero attached hydrogens (tertiary/aromatic N) is 2. The summed E-state index contributed by atoms with van der Waals surface area (Å²) in [4.78, 5) is 12.7. The lowest BCUT2D eigenvalue weighted by Crippen LogP contribution is -2.51. The van der Waals surface area contributed by atoms with Crippen LogP contribution in [0.5, 0.6) is 0 Å². The SMILES string of the molecule is CC(CC#N)N1NC(Nc2ccc(S(C)(=O)=O)cc2)C2C(=O)NCCC21. The lowest BCUT2D eigenvalue weighted by atomic mass is 9.90. The van der Waals surface area contributed by atoms with Gasteiger partial charge in [0.15, 0.2) is 9.84 Å². The van der Waals surface area contributed by atoms with Gasteiger partial charge in [0.1, 0.15) is 6.17 Å². The average Bonchev–Trinajstić information content (AvgIpc) is 2.95. The summed E-state index contributed by atoms with van der Waals surface area (Å²) >= 11 is 0. The molecule has 26 heavy (non-hydrogen) atoms. The number of nitrogens with one attached hydrogen (secondary N) is 3. The van der Waals surface area contributed by atoms with Crippen molar-refractivity contribution in [3.8, 4) is 6.07 Å². The molecule has 1 aromatic carbocycles. The van der Waals surface area contributed by atoms with E-state index in [9.17, 15) is 13.2 Å². The third kappa shape index (κ3) is 3.67. The van der Waals surface area contributed by atoms with Crippen LogP contribution in [0.15, 0.2) is 29.2 Å². The Balaban J connectivity index is 1.80. The van der Waals surface area contributed by atoms with E-state index in [1.807, 2.05) is 11.9 Å². The van der Waals surface area contributed by atoms with Gasteiger partial charge in [0.25, 0.3) is 0 Å². The zero-order valence-corrected chi connectivity index (χ0v) is 15.6. The number of anilines is 1. The van der Waals surface area contributed by atoms with Crippen molar-refractivity contribution in [2.75, 3.05) is 18.1 Å². The molecule has 140 valence electrons. The predicted molar refractivity (Wildman–Crippen MR) is 96.5 cm³/mol. The average molecular weight is 377 g/mol. The van der Waals surface area contributed by atoms with Crippen molar-refractivity contribution in [2.45, 2.75) is 42.9 Å². The van der Waals surface area contributed by atoms with Gasteiger partial charge in [0, 0.05) is 30.6 Å². The van der Waals surface area contributed by atoms with E-state index < -0.39 is 9.84 Å². The van der Waals surface area contributed by atoms with E-state index in [1.54, 1.807) is 24.3 Å². The Morgan fingerprint density at radius 1 is 1.38 bits per heavy atom. The molecule has 2 saturated heterocycles. The lowest BCUT2D eigenvalue weighted by Gasteiger charge is -2.33. The normalized spacial score (nSPS) is 27.3. The van der Waals surface area contributed by atoms with Crippen molar-refractivity contribution < 1.29 is 13.2 Å². The van der Waals surface area contributed by atoms with Crippen molar-refractivity contribution >= 4 is 21.4 Å². The number of carbonyl (C=O) groups is 1. The topological polar surface area (TPSA) is 114 Å². The fraction of sp³-hybridized carbons (Fsp3) is 0.529. The van der Waals surface area contributed by atoms with E-state index in [1.165, 1.54) is 6.26 Å². The summed E-state index contributed by atoms with van der Waals surface area (Å²) in [5, 5.41) is 17.2. The van der Waals surface area contributed by atoms with Gasteiger partial charge in [-0.3, -0.25) is 4.79 Å². The van der Waals surface area contributed by atoms with Crippen molar-refractivity contribution in [1.82, 2.24) is 15.8 Å². The number of rotatable bonds is 5. The molecule has 0 radical (unpaired) electrons. The highest BCUT2D eigenvalue weighted by Crippen LogP contribution is 2.30. The first-order valence-electron chi connectivity index (χ1n) is 8.57. The van der Waals surface area contributed by atoms with Crippen LogP contribution in [-0.2, 0) is 14.6 Å². The molecule has 0 spiro atoms. The smallest absolute Gasteiger partial charge is 0.228 e. The van der Waals surface area contributed by atoms with Crippen LogP contribution in [0.4, 0.5) is 5.69 Å². The maximum Gasteiger partial charge on any atom is 0.228 e. The van der Waals surface area contributed by atoms with Gasteiger partial charge in [0.05, 0.1) is 23.3 Å². The van der Waals surface area contributed by atoms with Crippen LogP contribution >= 0.6 is 0 Å². The summed E-state index contributed by atoms with van der Waals surface area (Å²) < 4.78 is 23.2. The first-order chi connectivity index (χ1) is 12.3. The van der Waals surface area contributed by atoms with Gasteiger partial charge in [-0.15, -0.1) is 0 Å². The monoisotopic (exact) mass is 377 g/mol. The van der Waals surface area contributed by atoms with Gasteiger partial charge in [0.2, 0.25) is 5.91 Å². The summed E-state index contributed by atoms with van der Waals surface area (Å²) in [6.07, 6.45) is 2.02. The Morgan fingerprint density at radius 2 is 2.08 bits per heavy atom. The Hall–Kier alpha value is -2.15. The molecular formula is C17H23N5O3S. The minimum Gasteiger partial charge on any atom is -0.368 e. The van der Waals surface area contributed by atoms with Gasteiger partial charge in [-0.05, 0) is 37.6 Å². The Labute approximate surface area is 153 Å². The lowest BCUT2D eigenvalue weighted by molar-refractivity contribution is -0.127. The largest absolute Gasteiger partial charge is 0.368 e. The number of nitriles is 1. The molecule has 0 aromatic heterocycles. The second kappa shape index (κ2) is 7.23. The highest BCUT2D eigenvalue weighted by atomic mass is 32.2. The molecule has 1 amide bonds. The predicted octanol–water partition coefficient (Wildman–Crippen LogP) is 0.455. The summed E-state index contributed by atoms with van der Waals surface area (Å²) in [6.45, 7) is 2.58. The fourth-order valence-corrected chi connectivity index (χ4v) is 4.25. The first kappa shape index (κ1) is 18.6. The minimum atomic E-state index is -3.25. The molecule has 0 aliphatic carbocycles. The second-order valence-electron chi connectivity index (χ2n) is 6.84. The molecule has 9 heteroatoms. The second-order valence-corrected chi connectivity index (χ2v) is 8.85. The van der Waals surface area contributed by atoms with Gasteiger partial charge in [-0.25, -0.2) is 18.9 Å².